The third-order valence-corrected chi connectivity index (χ3v) is 7.50. The lowest BCUT2D eigenvalue weighted by Gasteiger charge is -2.37. The first-order chi connectivity index (χ1) is 18.0. The molecule has 0 spiro atoms. The van der Waals surface area contributed by atoms with Crippen LogP contribution in [-0.4, -0.2) is 24.2 Å². The first-order valence-corrected chi connectivity index (χ1v) is 13.3. The molecule has 0 saturated carbocycles. The molecule has 5 rings (SSSR count). The van der Waals surface area contributed by atoms with Crippen LogP contribution in [-0.2, 0) is 15.6 Å². The molecule has 0 fully saturated rings. The number of hydrogen-bond donors (Lipinski definition) is 1. The van der Waals surface area contributed by atoms with E-state index in [9.17, 15) is 8.42 Å². The van der Waals surface area contributed by atoms with Crippen molar-refractivity contribution in [1.82, 2.24) is 14.4 Å². The Morgan fingerprint density at radius 2 is 1.24 bits per heavy atom. The standard InChI is InChI=1S/C30H26N4O2S/c1-24-17-19-29(20-18-24)37(35,36)33-32-21-28-22-34(23-31-28)30(25-11-5-2-6-12-25,26-13-7-3-8-14-26)27-15-9-4-10-16-27/h2-23,33H,1H3. The third-order valence-electron chi connectivity index (χ3n) is 6.27. The van der Waals surface area contributed by atoms with Crippen molar-refractivity contribution in [2.45, 2.75) is 17.4 Å². The fourth-order valence-electron chi connectivity index (χ4n) is 4.51. The number of sulfonamides is 1. The van der Waals surface area contributed by atoms with Gasteiger partial charge in [-0.1, -0.05) is 109 Å². The van der Waals surface area contributed by atoms with Gasteiger partial charge in [0, 0.05) is 6.20 Å². The average Bonchev–Trinajstić information content (AvgIpc) is 3.40. The van der Waals surface area contributed by atoms with E-state index in [-0.39, 0.29) is 4.90 Å². The fourth-order valence-corrected chi connectivity index (χ4v) is 5.30. The Hall–Kier alpha value is -4.49. The molecule has 0 radical (unpaired) electrons. The Labute approximate surface area is 217 Å². The lowest BCUT2D eigenvalue weighted by atomic mass is 9.77. The molecule has 0 amide bonds. The minimum atomic E-state index is -3.78. The second-order valence-electron chi connectivity index (χ2n) is 8.68. The van der Waals surface area contributed by atoms with Crippen LogP contribution in [0.4, 0.5) is 0 Å². The first kappa shape index (κ1) is 24.2. The van der Waals surface area contributed by atoms with Gasteiger partial charge in [0.1, 0.15) is 11.2 Å². The minimum Gasteiger partial charge on any atom is -0.318 e. The number of rotatable bonds is 8. The van der Waals surface area contributed by atoms with Crippen LogP contribution in [0.1, 0.15) is 27.9 Å². The summed E-state index contributed by atoms with van der Waals surface area (Å²) in [6.07, 6.45) is 5.04. The van der Waals surface area contributed by atoms with Gasteiger partial charge in [-0.05, 0) is 35.7 Å². The molecule has 1 N–H and O–H groups in total. The van der Waals surface area contributed by atoms with E-state index in [1.54, 1.807) is 30.6 Å². The molecule has 0 bridgehead atoms. The van der Waals surface area contributed by atoms with E-state index in [4.69, 9.17) is 0 Å². The zero-order valence-electron chi connectivity index (χ0n) is 20.3. The highest BCUT2D eigenvalue weighted by molar-refractivity contribution is 7.89. The molecule has 6 nitrogen and oxygen atoms in total. The summed E-state index contributed by atoms with van der Waals surface area (Å²) in [7, 11) is -3.78. The SMILES string of the molecule is Cc1ccc(S(=O)(=O)NN=Cc2cn(C(c3ccccc3)(c3ccccc3)c3ccccc3)cn2)cc1. The number of nitrogens with one attached hydrogen (secondary N) is 1. The molecule has 37 heavy (non-hydrogen) atoms. The number of aromatic nitrogens is 2. The number of nitrogens with zero attached hydrogens (tertiary/aromatic N) is 3. The highest BCUT2D eigenvalue weighted by Crippen LogP contribution is 2.40. The van der Waals surface area contributed by atoms with Gasteiger partial charge in [0.25, 0.3) is 10.0 Å². The van der Waals surface area contributed by atoms with Crippen LogP contribution >= 0.6 is 0 Å². The van der Waals surface area contributed by atoms with Crippen molar-refractivity contribution in [2.75, 3.05) is 0 Å². The van der Waals surface area contributed by atoms with Crippen LogP contribution in [0.25, 0.3) is 0 Å². The summed E-state index contributed by atoms with van der Waals surface area (Å²) >= 11 is 0. The van der Waals surface area contributed by atoms with Crippen molar-refractivity contribution in [2.24, 2.45) is 5.10 Å². The lowest BCUT2D eigenvalue weighted by molar-refractivity contribution is 0.514. The van der Waals surface area contributed by atoms with Gasteiger partial charge in [-0.3, -0.25) is 0 Å². The second kappa shape index (κ2) is 10.2. The average molecular weight is 507 g/mol. The molecule has 1 heterocycles. The van der Waals surface area contributed by atoms with Crippen molar-refractivity contribution in [3.8, 4) is 0 Å². The van der Waals surface area contributed by atoms with E-state index in [1.807, 2.05) is 72.3 Å². The van der Waals surface area contributed by atoms with Gasteiger partial charge < -0.3 is 4.57 Å². The summed E-state index contributed by atoms with van der Waals surface area (Å²) in [5, 5.41) is 3.99. The molecule has 1 aromatic heterocycles. The van der Waals surface area contributed by atoms with Crippen LogP contribution in [0.15, 0.2) is 138 Å². The van der Waals surface area contributed by atoms with Crippen LogP contribution in [0.2, 0.25) is 0 Å². The Kier molecular flexibility index (Phi) is 6.70. The quantitative estimate of drug-likeness (QED) is 0.175. The predicted molar refractivity (Wildman–Crippen MR) is 146 cm³/mol. The largest absolute Gasteiger partial charge is 0.318 e. The van der Waals surface area contributed by atoms with E-state index in [2.05, 4.69) is 51.3 Å². The summed E-state index contributed by atoms with van der Waals surface area (Å²) in [5.41, 5.74) is 3.98. The summed E-state index contributed by atoms with van der Waals surface area (Å²) in [4.78, 5) is 6.97. The van der Waals surface area contributed by atoms with E-state index in [0.29, 0.717) is 5.69 Å². The minimum absolute atomic E-state index is 0.150. The van der Waals surface area contributed by atoms with E-state index >= 15 is 0 Å². The molecule has 7 heteroatoms. The highest BCUT2D eigenvalue weighted by Gasteiger charge is 2.38. The maximum absolute atomic E-state index is 12.6. The molecule has 184 valence electrons. The normalized spacial score (nSPS) is 12.0. The first-order valence-electron chi connectivity index (χ1n) is 11.8. The molecule has 0 unspecified atom stereocenters. The van der Waals surface area contributed by atoms with E-state index in [1.165, 1.54) is 6.21 Å². The van der Waals surface area contributed by atoms with Gasteiger partial charge in [-0.25, -0.2) is 9.82 Å². The lowest BCUT2D eigenvalue weighted by Crippen LogP contribution is -2.36. The fraction of sp³-hybridized carbons (Fsp3) is 0.0667. The monoisotopic (exact) mass is 506 g/mol. The Morgan fingerprint density at radius 1 is 0.757 bits per heavy atom. The number of hydrazone groups is 1. The molecule has 0 aliphatic carbocycles. The Bertz CT molecular complexity index is 1500. The maximum atomic E-state index is 12.6. The van der Waals surface area contributed by atoms with Crippen molar-refractivity contribution >= 4 is 16.2 Å². The molecule has 0 aliphatic rings. The van der Waals surface area contributed by atoms with Crippen LogP contribution in [0.3, 0.4) is 0 Å². The van der Waals surface area contributed by atoms with Crippen LogP contribution < -0.4 is 4.83 Å². The maximum Gasteiger partial charge on any atom is 0.276 e. The zero-order chi connectivity index (χ0) is 25.7. The number of hydrogen-bond acceptors (Lipinski definition) is 4. The van der Waals surface area contributed by atoms with Crippen molar-refractivity contribution in [3.63, 3.8) is 0 Å². The Balaban J connectivity index is 1.56. The summed E-state index contributed by atoms with van der Waals surface area (Å²) in [6.45, 7) is 1.90. The molecule has 0 atom stereocenters. The molecule has 5 aromatic rings. The number of aryl methyl sites for hydroxylation is 1. The van der Waals surface area contributed by atoms with E-state index < -0.39 is 15.6 Å². The number of imidazole rings is 1. The summed E-state index contributed by atoms with van der Waals surface area (Å²) < 4.78 is 27.2. The van der Waals surface area contributed by atoms with Gasteiger partial charge in [-0.2, -0.15) is 13.5 Å². The van der Waals surface area contributed by atoms with E-state index in [0.717, 1.165) is 22.3 Å². The smallest absolute Gasteiger partial charge is 0.276 e. The second-order valence-corrected chi connectivity index (χ2v) is 10.3. The van der Waals surface area contributed by atoms with Crippen molar-refractivity contribution < 1.29 is 8.42 Å². The van der Waals surface area contributed by atoms with Gasteiger partial charge in [0.15, 0.2) is 0 Å². The predicted octanol–water partition coefficient (Wildman–Crippen LogP) is 5.34. The molecular weight excluding hydrogens is 480 g/mol. The topological polar surface area (TPSA) is 76.3 Å². The van der Waals surface area contributed by atoms with Gasteiger partial charge >= 0.3 is 0 Å². The molecule has 0 aliphatic heterocycles. The highest BCUT2D eigenvalue weighted by atomic mass is 32.2. The number of benzene rings is 4. The van der Waals surface area contributed by atoms with Gasteiger partial charge in [0.2, 0.25) is 0 Å². The molecule has 4 aromatic carbocycles. The van der Waals surface area contributed by atoms with Crippen LogP contribution in [0, 0.1) is 6.92 Å². The zero-order valence-corrected chi connectivity index (χ0v) is 21.1. The van der Waals surface area contributed by atoms with Gasteiger partial charge in [-0.15, -0.1) is 0 Å². The van der Waals surface area contributed by atoms with Crippen molar-refractivity contribution in [3.05, 3.63) is 156 Å². The van der Waals surface area contributed by atoms with Crippen molar-refractivity contribution in [1.29, 1.82) is 0 Å². The molecular formula is C30H26N4O2S. The van der Waals surface area contributed by atoms with Crippen LogP contribution in [0.5, 0.6) is 0 Å². The summed E-state index contributed by atoms with van der Waals surface area (Å²) in [5.74, 6) is 0. The third kappa shape index (κ3) is 4.81. The Morgan fingerprint density at radius 3 is 1.73 bits per heavy atom. The summed E-state index contributed by atoms with van der Waals surface area (Å²) in [6, 6.07) is 37.3. The molecule has 0 saturated heterocycles. The van der Waals surface area contributed by atoms with Gasteiger partial charge in [0.05, 0.1) is 17.4 Å².